The summed E-state index contributed by atoms with van der Waals surface area (Å²) in [6.45, 7) is -0.440. The van der Waals surface area contributed by atoms with Crippen molar-refractivity contribution >= 4 is 35.3 Å². The topological polar surface area (TPSA) is 192 Å². The SMILES string of the molecule is NC(N)=Nc1ccc2c(c1)CCCCc1c(OCC(=O)CC(CC(=O)O)C(=O)O)cccc1OC2=O. The van der Waals surface area contributed by atoms with Gasteiger partial charge in [-0.3, -0.25) is 14.4 Å². The van der Waals surface area contributed by atoms with Gasteiger partial charge in [-0.15, -0.1) is 0 Å². The summed E-state index contributed by atoms with van der Waals surface area (Å²) in [5.41, 5.74) is 13.2. The number of Topliss-reactive ketones (excluding diaryl/α,β-unsaturated/α-hetero) is 1. The monoisotopic (exact) mass is 497 g/mol. The number of ether oxygens (including phenoxy) is 2. The highest BCUT2D eigenvalue weighted by molar-refractivity contribution is 5.93. The molecule has 1 atom stereocenters. The van der Waals surface area contributed by atoms with Gasteiger partial charge in [-0.05, 0) is 61.6 Å². The van der Waals surface area contributed by atoms with Crippen LogP contribution in [0.2, 0.25) is 0 Å². The van der Waals surface area contributed by atoms with Crippen molar-refractivity contribution in [2.24, 2.45) is 22.4 Å². The molecule has 1 aliphatic rings. The van der Waals surface area contributed by atoms with E-state index < -0.39 is 49.1 Å². The fourth-order valence-electron chi connectivity index (χ4n) is 3.95. The lowest BCUT2D eigenvalue weighted by Crippen LogP contribution is -2.24. The second-order valence-corrected chi connectivity index (χ2v) is 8.37. The van der Waals surface area contributed by atoms with E-state index in [9.17, 15) is 19.2 Å². The second-order valence-electron chi connectivity index (χ2n) is 8.37. The molecule has 1 unspecified atom stereocenters. The van der Waals surface area contributed by atoms with E-state index in [1.807, 2.05) is 0 Å². The first-order valence-electron chi connectivity index (χ1n) is 11.3. The highest BCUT2D eigenvalue weighted by Gasteiger charge is 2.25. The lowest BCUT2D eigenvalue weighted by molar-refractivity contribution is -0.149. The van der Waals surface area contributed by atoms with Crippen LogP contribution in [0.1, 0.15) is 47.2 Å². The Morgan fingerprint density at radius 3 is 2.50 bits per heavy atom. The standard InChI is InChI=1S/C25H27N3O8/c26-25(27)28-16-8-9-18-14(10-16)4-1-2-5-19-20(6-3-7-21(19)36-24(18)34)35-13-17(29)11-15(23(32)33)12-22(30)31/h3,6-10,15H,1-2,4-5,11-13H2,(H,30,31)(H,32,33)(H4,26,27,28). The van der Waals surface area contributed by atoms with Crippen molar-refractivity contribution in [2.75, 3.05) is 6.61 Å². The van der Waals surface area contributed by atoms with Gasteiger partial charge in [-0.25, -0.2) is 9.79 Å². The number of hydrogen-bond acceptors (Lipinski definition) is 7. The van der Waals surface area contributed by atoms with E-state index >= 15 is 0 Å². The molecule has 0 saturated heterocycles. The van der Waals surface area contributed by atoms with Gasteiger partial charge in [-0.1, -0.05) is 6.07 Å². The molecule has 11 heteroatoms. The smallest absolute Gasteiger partial charge is 0.343 e. The first kappa shape index (κ1) is 26.2. The van der Waals surface area contributed by atoms with Gasteiger partial charge in [-0.2, -0.15) is 0 Å². The second kappa shape index (κ2) is 11.8. The molecule has 0 aromatic heterocycles. The van der Waals surface area contributed by atoms with Crippen molar-refractivity contribution in [3.8, 4) is 11.5 Å². The summed E-state index contributed by atoms with van der Waals surface area (Å²) in [7, 11) is 0. The Hall–Kier alpha value is -4.41. The fraction of sp³-hybridized carbons (Fsp3) is 0.320. The predicted molar refractivity (Wildman–Crippen MR) is 128 cm³/mol. The molecule has 0 amide bonds. The van der Waals surface area contributed by atoms with Gasteiger partial charge < -0.3 is 31.2 Å². The van der Waals surface area contributed by atoms with E-state index in [4.69, 9.17) is 31.2 Å². The zero-order valence-corrected chi connectivity index (χ0v) is 19.4. The summed E-state index contributed by atoms with van der Waals surface area (Å²) >= 11 is 0. The normalized spacial score (nSPS) is 13.8. The molecule has 0 aliphatic carbocycles. The lowest BCUT2D eigenvalue weighted by Gasteiger charge is -2.18. The maximum absolute atomic E-state index is 13.0. The van der Waals surface area contributed by atoms with Crippen LogP contribution in [0.5, 0.6) is 11.5 Å². The van der Waals surface area contributed by atoms with E-state index in [0.717, 1.165) is 18.4 Å². The van der Waals surface area contributed by atoms with Crippen LogP contribution in [0.3, 0.4) is 0 Å². The molecule has 1 aliphatic heterocycles. The summed E-state index contributed by atoms with van der Waals surface area (Å²) in [6.07, 6.45) is 1.44. The van der Waals surface area contributed by atoms with Gasteiger partial charge >= 0.3 is 17.9 Å². The molecule has 0 radical (unpaired) electrons. The van der Waals surface area contributed by atoms with Crippen LogP contribution >= 0.6 is 0 Å². The third kappa shape index (κ3) is 7.05. The van der Waals surface area contributed by atoms with Gasteiger partial charge in [0.1, 0.15) is 18.1 Å². The molecule has 2 aromatic carbocycles. The summed E-state index contributed by atoms with van der Waals surface area (Å²) in [5.74, 6) is -4.57. The molecule has 0 spiro atoms. The van der Waals surface area contributed by atoms with Crippen molar-refractivity contribution in [2.45, 2.75) is 38.5 Å². The number of ketones is 1. The molecular weight excluding hydrogens is 470 g/mol. The minimum absolute atomic E-state index is 0.0855. The number of nitrogens with zero attached hydrogens (tertiary/aromatic N) is 1. The number of esters is 1. The molecule has 36 heavy (non-hydrogen) atoms. The number of benzene rings is 2. The lowest BCUT2D eigenvalue weighted by atomic mass is 9.97. The molecule has 190 valence electrons. The van der Waals surface area contributed by atoms with E-state index in [1.165, 1.54) is 0 Å². The molecule has 2 aromatic rings. The number of hydrogen-bond donors (Lipinski definition) is 4. The number of carbonyl (C=O) groups excluding carboxylic acids is 2. The number of aliphatic imine (C=N–C) groups is 1. The Kier molecular flexibility index (Phi) is 8.61. The number of nitrogens with two attached hydrogens (primary N) is 2. The summed E-state index contributed by atoms with van der Waals surface area (Å²) in [6, 6.07) is 9.85. The number of guanidine groups is 1. The zero-order chi connectivity index (χ0) is 26.2. The van der Waals surface area contributed by atoms with Crippen LogP contribution in [0.4, 0.5) is 5.69 Å². The highest BCUT2D eigenvalue weighted by Crippen LogP contribution is 2.33. The van der Waals surface area contributed by atoms with E-state index in [2.05, 4.69) is 4.99 Å². The van der Waals surface area contributed by atoms with Crippen molar-refractivity contribution < 1.29 is 38.9 Å². The number of carboxylic acid groups (broad SMARTS) is 2. The average Bonchev–Trinajstić information content (AvgIpc) is 2.80. The van der Waals surface area contributed by atoms with Crippen LogP contribution in [0.25, 0.3) is 0 Å². The molecular formula is C25H27N3O8. The Labute approximate surface area is 206 Å². The van der Waals surface area contributed by atoms with E-state index in [-0.39, 0.29) is 5.96 Å². The van der Waals surface area contributed by atoms with Crippen LogP contribution in [0.15, 0.2) is 41.4 Å². The fourth-order valence-corrected chi connectivity index (χ4v) is 3.95. The molecule has 11 nitrogen and oxygen atoms in total. The van der Waals surface area contributed by atoms with Crippen LogP contribution in [-0.2, 0) is 27.2 Å². The van der Waals surface area contributed by atoms with Gasteiger partial charge in [0.2, 0.25) is 0 Å². The number of aryl methyl sites for hydroxylation is 1. The quantitative estimate of drug-likeness (QED) is 0.173. The van der Waals surface area contributed by atoms with Crippen molar-refractivity contribution in [1.29, 1.82) is 0 Å². The Morgan fingerprint density at radius 1 is 1.06 bits per heavy atom. The van der Waals surface area contributed by atoms with Crippen molar-refractivity contribution in [3.63, 3.8) is 0 Å². The first-order chi connectivity index (χ1) is 17.1. The number of aliphatic carboxylic acids is 2. The van der Waals surface area contributed by atoms with Crippen molar-refractivity contribution in [1.82, 2.24) is 0 Å². The van der Waals surface area contributed by atoms with Crippen LogP contribution in [-0.4, -0.2) is 46.5 Å². The number of rotatable bonds is 9. The number of carboxylic acids is 2. The van der Waals surface area contributed by atoms with Crippen LogP contribution < -0.4 is 20.9 Å². The largest absolute Gasteiger partial charge is 0.485 e. The summed E-state index contributed by atoms with van der Waals surface area (Å²) in [4.78, 5) is 51.4. The molecule has 0 fully saturated rings. The minimum Gasteiger partial charge on any atom is -0.485 e. The highest BCUT2D eigenvalue weighted by atomic mass is 16.5. The summed E-state index contributed by atoms with van der Waals surface area (Å²) in [5, 5.41) is 18.0. The average molecular weight is 498 g/mol. The van der Waals surface area contributed by atoms with Crippen LogP contribution in [0, 0.1) is 5.92 Å². The molecule has 6 N–H and O–H groups in total. The number of carbonyl (C=O) groups is 4. The van der Waals surface area contributed by atoms with Gasteiger partial charge in [0.15, 0.2) is 11.7 Å². The maximum atomic E-state index is 13.0. The third-order valence-electron chi connectivity index (χ3n) is 5.62. The number of fused-ring (bicyclic) bond motifs is 2. The minimum atomic E-state index is -1.36. The van der Waals surface area contributed by atoms with Gasteiger partial charge in [0, 0.05) is 12.0 Å². The third-order valence-corrected chi connectivity index (χ3v) is 5.62. The predicted octanol–water partition coefficient (Wildman–Crippen LogP) is 2.20. The maximum Gasteiger partial charge on any atom is 0.343 e. The first-order valence-corrected chi connectivity index (χ1v) is 11.3. The van der Waals surface area contributed by atoms with Gasteiger partial charge in [0.05, 0.1) is 23.6 Å². The molecule has 0 saturated carbocycles. The van der Waals surface area contributed by atoms with Crippen molar-refractivity contribution in [3.05, 3.63) is 53.1 Å². The van der Waals surface area contributed by atoms with E-state index in [0.29, 0.717) is 41.2 Å². The Balaban J connectivity index is 1.77. The molecule has 0 bridgehead atoms. The summed E-state index contributed by atoms with van der Waals surface area (Å²) < 4.78 is 11.3. The van der Waals surface area contributed by atoms with Gasteiger partial charge in [0.25, 0.3) is 0 Å². The molecule has 1 heterocycles. The van der Waals surface area contributed by atoms with E-state index in [1.54, 1.807) is 36.4 Å². The molecule has 3 rings (SSSR count). The zero-order valence-electron chi connectivity index (χ0n) is 19.4. The Bertz CT molecular complexity index is 1200. The Morgan fingerprint density at radius 2 is 1.81 bits per heavy atom.